The summed E-state index contributed by atoms with van der Waals surface area (Å²) in [6.45, 7) is 1.23. The number of halogens is 1. The highest BCUT2D eigenvalue weighted by Crippen LogP contribution is 2.30. The van der Waals surface area contributed by atoms with E-state index >= 15 is 0 Å². The van der Waals surface area contributed by atoms with Crippen LogP contribution in [0.25, 0.3) is 10.2 Å². The van der Waals surface area contributed by atoms with Gasteiger partial charge in [-0.1, -0.05) is 23.5 Å². The number of hydrogen-bond acceptors (Lipinski definition) is 5. The number of amides is 1. The highest BCUT2D eigenvalue weighted by Gasteiger charge is 2.34. The molecule has 4 rings (SSSR count). The van der Waals surface area contributed by atoms with Crippen molar-refractivity contribution in [1.29, 1.82) is 0 Å². The molecule has 0 bridgehead atoms. The Morgan fingerprint density at radius 2 is 2.05 bits per heavy atom. The molecule has 0 unspecified atom stereocenters. The van der Waals surface area contributed by atoms with Crippen LogP contribution in [0.1, 0.15) is 9.67 Å². The molecule has 0 aliphatic carbocycles. The van der Waals surface area contributed by atoms with Crippen LogP contribution in [0.3, 0.4) is 0 Å². The van der Waals surface area contributed by atoms with Crippen LogP contribution in [0, 0.1) is 0 Å². The fourth-order valence-electron chi connectivity index (χ4n) is 2.31. The Balaban J connectivity index is 1.38. The van der Waals surface area contributed by atoms with Crippen molar-refractivity contribution in [2.75, 3.05) is 13.1 Å². The number of ether oxygens (including phenoxy) is 1. The van der Waals surface area contributed by atoms with E-state index in [0.717, 1.165) is 18.9 Å². The number of aromatic nitrogens is 1. The summed E-state index contributed by atoms with van der Waals surface area (Å²) in [5, 5.41) is 0.678. The third-order valence-corrected chi connectivity index (χ3v) is 6.00. The largest absolute Gasteiger partial charge is 0.463 e. The number of thiophene rings is 1. The van der Waals surface area contributed by atoms with E-state index in [9.17, 15) is 4.79 Å². The maximum absolute atomic E-state index is 12.2. The van der Waals surface area contributed by atoms with Gasteiger partial charge in [-0.15, -0.1) is 11.3 Å². The summed E-state index contributed by atoms with van der Waals surface area (Å²) in [5.74, 6) is 0.0693. The first-order chi connectivity index (χ1) is 10.7. The molecule has 112 valence electrons. The van der Waals surface area contributed by atoms with Gasteiger partial charge in [0.1, 0.15) is 6.10 Å². The SMILES string of the molecule is O=C(c1ccc(Br)s1)N1CC(Oc2nc3ccccc3s2)C1. The number of carbonyl (C=O) groups is 1. The number of rotatable bonds is 3. The zero-order valence-electron chi connectivity index (χ0n) is 11.4. The van der Waals surface area contributed by atoms with Gasteiger partial charge in [0.2, 0.25) is 0 Å². The van der Waals surface area contributed by atoms with Crippen LogP contribution in [0.5, 0.6) is 5.19 Å². The molecule has 3 heterocycles. The molecule has 0 saturated carbocycles. The van der Waals surface area contributed by atoms with E-state index in [-0.39, 0.29) is 12.0 Å². The van der Waals surface area contributed by atoms with E-state index < -0.39 is 0 Å². The van der Waals surface area contributed by atoms with Crippen LogP contribution in [0.2, 0.25) is 0 Å². The van der Waals surface area contributed by atoms with E-state index in [0.29, 0.717) is 18.3 Å². The molecule has 1 aliphatic heterocycles. The first-order valence-corrected chi connectivity index (χ1v) is 9.18. The lowest BCUT2D eigenvalue weighted by atomic mass is 10.1. The summed E-state index contributed by atoms with van der Waals surface area (Å²) >= 11 is 6.38. The number of nitrogens with zero attached hydrogens (tertiary/aromatic N) is 2. The Bertz CT molecular complexity index is 806. The predicted molar refractivity (Wildman–Crippen MR) is 92.0 cm³/mol. The highest BCUT2D eigenvalue weighted by molar-refractivity contribution is 9.11. The summed E-state index contributed by atoms with van der Waals surface area (Å²) in [7, 11) is 0. The minimum Gasteiger partial charge on any atom is -0.463 e. The number of thiazole rings is 1. The first-order valence-electron chi connectivity index (χ1n) is 6.76. The van der Waals surface area contributed by atoms with Gasteiger partial charge in [0.15, 0.2) is 0 Å². The standard InChI is InChI=1S/C15H11BrN2O2S2/c16-13-6-5-12(21-13)14(19)18-7-9(8-18)20-15-17-10-3-1-2-4-11(10)22-15/h1-6,9H,7-8H2. The second kappa shape index (κ2) is 5.64. The minimum absolute atomic E-state index is 0.0351. The third kappa shape index (κ3) is 2.64. The lowest BCUT2D eigenvalue weighted by molar-refractivity contribution is 0.0181. The van der Waals surface area contributed by atoms with Crippen LogP contribution < -0.4 is 4.74 Å². The van der Waals surface area contributed by atoms with Crippen molar-refractivity contribution in [1.82, 2.24) is 9.88 Å². The number of carbonyl (C=O) groups excluding carboxylic acids is 1. The van der Waals surface area contributed by atoms with Gasteiger partial charge in [-0.2, -0.15) is 0 Å². The summed E-state index contributed by atoms with van der Waals surface area (Å²) in [6.07, 6.45) is 0.0351. The average molecular weight is 395 g/mol. The number of likely N-dealkylation sites (tertiary alicyclic amines) is 1. The van der Waals surface area contributed by atoms with Gasteiger partial charge in [-0.05, 0) is 40.2 Å². The Kier molecular flexibility index (Phi) is 3.63. The molecule has 0 spiro atoms. The van der Waals surface area contributed by atoms with Crippen LogP contribution >= 0.6 is 38.6 Å². The molecule has 3 aromatic rings. The van der Waals surface area contributed by atoms with Crippen molar-refractivity contribution in [3.8, 4) is 5.19 Å². The molecule has 0 N–H and O–H groups in total. The summed E-state index contributed by atoms with van der Waals surface area (Å²) in [4.78, 5) is 19.2. The van der Waals surface area contributed by atoms with Crippen molar-refractivity contribution in [2.45, 2.75) is 6.10 Å². The lowest BCUT2D eigenvalue weighted by Crippen LogP contribution is -2.56. The third-order valence-electron chi connectivity index (χ3n) is 3.46. The molecule has 1 amide bonds. The second-order valence-electron chi connectivity index (χ2n) is 5.00. The molecular weight excluding hydrogens is 384 g/mol. The summed E-state index contributed by atoms with van der Waals surface area (Å²) < 4.78 is 7.95. The zero-order chi connectivity index (χ0) is 15.1. The van der Waals surface area contributed by atoms with E-state index in [1.165, 1.54) is 11.3 Å². The Hall–Kier alpha value is -1.44. The van der Waals surface area contributed by atoms with Crippen LogP contribution in [0.4, 0.5) is 0 Å². The molecule has 1 fully saturated rings. The van der Waals surface area contributed by atoms with Crippen LogP contribution in [-0.2, 0) is 0 Å². The monoisotopic (exact) mass is 394 g/mol. The van der Waals surface area contributed by atoms with Crippen molar-refractivity contribution in [3.63, 3.8) is 0 Å². The van der Waals surface area contributed by atoms with Gasteiger partial charge in [0, 0.05) is 0 Å². The topological polar surface area (TPSA) is 42.4 Å². The van der Waals surface area contributed by atoms with E-state index in [4.69, 9.17) is 4.74 Å². The summed E-state index contributed by atoms with van der Waals surface area (Å²) in [5.41, 5.74) is 0.957. The summed E-state index contributed by atoms with van der Waals surface area (Å²) in [6, 6.07) is 11.7. The van der Waals surface area contributed by atoms with E-state index in [1.54, 1.807) is 16.2 Å². The quantitative estimate of drug-likeness (QED) is 0.673. The fraction of sp³-hybridized carbons (Fsp3) is 0.200. The second-order valence-corrected chi connectivity index (χ2v) is 8.46. The van der Waals surface area contributed by atoms with Gasteiger partial charge < -0.3 is 9.64 Å². The van der Waals surface area contributed by atoms with Gasteiger partial charge in [-0.25, -0.2) is 4.98 Å². The Morgan fingerprint density at radius 1 is 1.23 bits per heavy atom. The van der Waals surface area contributed by atoms with Crippen LogP contribution in [-0.4, -0.2) is 35.0 Å². The smallest absolute Gasteiger partial charge is 0.274 e. The number of fused-ring (bicyclic) bond motifs is 1. The predicted octanol–water partition coefficient (Wildman–Crippen LogP) is 4.02. The van der Waals surface area contributed by atoms with Gasteiger partial charge in [-0.3, -0.25) is 4.79 Å². The molecular formula is C15H11BrN2O2S2. The number of para-hydroxylation sites is 1. The molecule has 7 heteroatoms. The van der Waals surface area contributed by atoms with Crippen molar-refractivity contribution >= 4 is 54.7 Å². The molecule has 1 saturated heterocycles. The molecule has 22 heavy (non-hydrogen) atoms. The molecule has 1 aromatic carbocycles. The Labute approximate surface area is 143 Å². The normalized spacial score (nSPS) is 15.0. The molecule has 0 radical (unpaired) electrons. The minimum atomic E-state index is 0.0351. The van der Waals surface area contributed by atoms with Gasteiger partial charge in [0.25, 0.3) is 11.1 Å². The number of benzene rings is 1. The first kappa shape index (κ1) is 14.2. The highest BCUT2D eigenvalue weighted by atomic mass is 79.9. The molecule has 2 aromatic heterocycles. The lowest BCUT2D eigenvalue weighted by Gasteiger charge is -2.37. The molecule has 4 nitrogen and oxygen atoms in total. The van der Waals surface area contributed by atoms with E-state index in [2.05, 4.69) is 20.9 Å². The fourth-order valence-corrected chi connectivity index (χ4v) is 4.54. The van der Waals surface area contributed by atoms with E-state index in [1.807, 2.05) is 36.4 Å². The van der Waals surface area contributed by atoms with Gasteiger partial charge >= 0.3 is 0 Å². The zero-order valence-corrected chi connectivity index (χ0v) is 14.6. The van der Waals surface area contributed by atoms with Crippen molar-refractivity contribution in [3.05, 3.63) is 45.1 Å². The maximum atomic E-state index is 12.2. The average Bonchev–Trinajstić information content (AvgIpc) is 3.07. The number of hydrogen-bond donors (Lipinski definition) is 0. The molecule has 0 atom stereocenters. The maximum Gasteiger partial charge on any atom is 0.274 e. The van der Waals surface area contributed by atoms with Crippen molar-refractivity contribution in [2.24, 2.45) is 0 Å². The van der Waals surface area contributed by atoms with Gasteiger partial charge in [0.05, 0.1) is 32.0 Å². The molecule has 1 aliphatic rings. The van der Waals surface area contributed by atoms with Crippen LogP contribution in [0.15, 0.2) is 40.2 Å². The Morgan fingerprint density at radius 3 is 2.77 bits per heavy atom. The van der Waals surface area contributed by atoms with Crippen molar-refractivity contribution < 1.29 is 9.53 Å².